The molecule has 0 spiro atoms. The average molecular weight is 405 g/mol. The number of anilines is 2. The zero-order valence-electron chi connectivity index (χ0n) is 17.4. The van der Waals surface area contributed by atoms with Crippen LogP contribution in [-0.2, 0) is 4.79 Å². The van der Waals surface area contributed by atoms with Crippen LogP contribution in [0.2, 0.25) is 0 Å². The molecule has 2 aromatic heterocycles. The van der Waals surface area contributed by atoms with E-state index in [2.05, 4.69) is 56.1 Å². The number of carbonyl (C=O) groups is 1. The van der Waals surface area contributed by atoms with E-state index in [1.807, 2.05) is 28.8 Å². The molecular weight excluding hydrogens is 376 g/mol. The summed E-state index contributed by atoms with van der Waals surface area (Å²) in [6, 6.07) is 14.5. The number of carbonyl (C=O) groups excluding carboxylic acids is 1. The molecule has 0 saturated carbocycles. The van der Waals surface area contributed by atoms with E-state index in [1.165, 1.54) is 11.3 Å². The highest BCUT2D eigenvalue weighted by molar-refractivity contribution is 5.80. The summed E-state index contributed by atoms with van der Waals surface area (Å²) in [6.45, 7) is 7.11. The summed E-state index contributed by atoms with van der Waals surface area (Å²) in [5.74, 6) is 1.16. The quantitative estimate of drug-likeness (QED) is 0.672. The molecule has 1 atom stereocenters. The first-order chi connectivity index (χ1) is 14.7. The summed E-state index contributed by atoms with van der Waals surface area (Å²) in [4.78, 5) is 19.9. The summed E-state index contributed by atoms with van der Waals surface area (Å²) in [5.41, 5.74) is 3.37. The molecule has 0 radical (unpaired) electrons. The molecule has 7 heteroatoms. The lowest BCUT2D eigenvalue weighted by Crippen LogP contribution is -2.52. The van der Waals surface area contributed by atoms with Gasteiger partial charge in [-0.2, -0.15) is 0 Å². The van der Waals surface area contributed by atoms with Crippen LogP contribution < -0.4 is 9.80 Å². The molecule has 0 aliphatic carbocycles. The minimum absolute atomic E-state index is 0.0281. The third-order valence-electron chi connectivity index (χ3n) is 6.31. The van der Waals surface area contributed by atoms with Crippen LogP contribution in [0.4, 0.5) is 11.6 Å². The van der Waals surface area contributed by atoms with Gasteiger partial charge in [0.2, 0.25) is 11.9 Å². The third kappa shape index (κ3) is 3.60. The Bertz CT molecular complexity index is 1040. The molecule has 1 amide bonds. The highest BCUT2D eigenvalue weighted by atomic mass is 16.2. The lowest BCUT2D eigenvalue weighted by Gasteiger charge is -2.39. The zero-order chi connectivity index (χ0) is 20.5. The van der Waals surface area contributed by atoms with Gasteiger partial charge in [-0.1, -0.05) is 18.2 Å². The second-order valence-corrected chi connectivity index (χ2v) is 8.37. The Balaban J connectivity index is 1.23. The minimum atomic E-state index is 0.0281. The summed E-state index contributed by atoms with van der Waals surface area (Å²) < 4.78 is 2.01. The average Bonchev–Trinajstić information content (AvgIpc) is 3.23. The SMILES string of the molecule is Cc1cccc(N2CCN(C(=O)C3CCCN(c4nnc5ccccn45)C3)CC2)c1. The van der Waals surface area contributed by atoms with Crippen molar-refractivity contribution in [2.75, 3.05) is 49.1 Å². The van der Waals surface area contributed by atoms with Crippen LogP contribution in [0.3, 0.4) is 0 Å². The van der Waals surface area contributed by atoms with Crippen molar-refractivity contribution < 1.29 is 4.79 Å². The number of piperazine rings is 1. The molecule has 0 N–H and O–H groups in total. The Labute approximate surface area is 176 Å². The van der Waals surface area contributed by atoms with Crippen LogP contribution in [0.1, 0.15) is 18.4 Å². The van der Waals surface area contributed by atoms with Gasteiger partial charge in [-0.05, 0) is 49.6 Å². The minimum Gasteiger partial charge on any atom is -0.368 e. The van der Waals surface area contributed by atoms with Crippen molar-refractivity contribution in [3.05, 3.63) is 54.2 Å². The van der Waals surface area contributed by atoms with Gasteiger partial charge in [-0.15, -0.1) is 10.2 Å². The van der Waals surface area contributed by atoms with Crippen molar-refractivity contribution in [3.8, 4) is 0 Å². The molecule has 2 aliphatic rings. The van der Waals surface area contributed by atoms with Crippen LogP contribution in [0.5, 0.6) is 0 Å². The molecule has 2 fully saturated rings. The Morgan fingerprint density at radius 3 is 2.67 bits per heavy atom. The number of nitrogens with zero attached hydrogens (tertiary/aromatic N) is 6. The van der Waals surface area contributed by atoms with Crippen LogP contribution in [0.15, 0.2) is 48.7 Å². The van der Waals surface area contributed by atoms with Gasteiger partial charge in [-0.25, -0.2) is 0 Å². The van der Waals surface area contributed by atoms with E-state index >= 15 is 0 Å². The van der Waals surface area contributed by atoms with Gasteiger partial charge in [-0.3, -0.25) is 9.20 Å². The first-order valence-corrected chi connectivity index (χ1v) is 10.8. The molecule has 1 aromatic carbocycles. The van der Waals surface area contributed by atoms with E-state index in [0.29, 0.717) is 6.54 Å². The molecule has 7 nitrogen and oxygen atoms in total. The van der Waals surface area contributed by atoms with E-state index in [-0.39, 0.29) is 11.8 Å². The van der Waals surface area contributed by atoms with Crippen molar-refractivity contribution >= 4 is 23.2 Å². The van der Waals surface area contributed by atoms with E-state index in [1.54, 1.807) is 0 Å². The van der Waals surface area contributed by atoms with E-state index in [0.717, 1.165) is 57.2 Å². The first kappa shape index (κ1) is 18.9. The van der Waals surface area contributed by atoms with Gasteiger partial charge in [0.15, 0.2) is 5.65 Å². The van der Waals surface area contributed by atoms with Crippen LogP contribution in [0, 0.1) is 12.8 Å². The van der Waals surface area contributed by atoms with Crippen molar-refractivity contribution in [3.63, 3.8) is 0 Å². The van der Waals surface area contributed by atoms with E-state index < -0.39 is 0 Å². The number of pyridine rings is 1. The first-order valence-electron chi connectivity index (χ1n) is 10.8. The lowest BCUT2D eigenvalue weighted by molar-refractivity contribution is -0.136. The molecule has 3 aromatic rings. The number of benzene rings is 1. The molecule has 2 saturated heterocycles. The third-order valence-corrected chi connectivity index (χ3v) is 6.31. The Kier molecular flexibility index (Phi) is 5.02. The number of piperidine rings is 1. The van der Waals surface area contributed by atoms with Gasteiger partial charge >= 0.3 is 0 Å². The summed E-state index contributed by atoms with van der Waals surface area (Å²) in [7, 11) is 0. The summed E-state index contributed by atoms with van der Waals surface area (Å²) in [6.07, 6.45) is 3.94. The zero-order valence-corrected chi connectivity index (χ0v) is 17.4. The smallest absolute Gasteiger partial charge is 0.231 e. The maximum absolute atomic E-state index is 13.3. The second kappa shape index (κ2) is 7.97. The maximum Gasteiger partial charge on any atom is 0.231 e. The van der Waals surface area contributed by atoms with Gasteiger partial charge in [0.1, 0.15) is 0 Å². The highest BCUT2D eigenvalue weighted by Crippen LogP contribution is 2.25. The van der Waals surface area contributed by atoms with E-state index in [4.69, 9.17) is 0 Å². The fourth-order valence-corrected chi connectivity index (χ4v) is 4.67. The van der Waals surface area contributed by atoms with Crippen LogP contribution >= 0.6 is 0 Å². The Morgan fingerprint density at radius 2 is 1.83 bits per heavy atom. The number of aromatic nitrogens is 3. The van der Waals surface area contributed by atoms with E-state index in [9.17, 15) is 4.79 Å². The second-order valence-electron chi connectivity index (χ2n) is 8.37. The molecular formula is C23H28N6O. The molecule has 156 valence electrons. The molecule has 1 unspecified atom stereocenters. The maximum atomic E-state index is 13.3. The van der Waals surface area contributed by atoms with Gasteiger partial charge in [0.25, 0.3) is 0 Å². The number of hydrogen-bond donors (Lipinski definition) is 0. The Morgan fingerprint density at radius 1 is 0.967 bits per heavy atom. The van der Waals surface area contributed by atoms with Gasteiger partial charge in [0, 0.05) is 51.2 Å². The van der Waals surface area contributed by atoms with Gasteiger partial charge in [0.05, 0.1) is 5.92 Å². The number of aryl methyl sites for hydroxylation is 1. The fraction of sp³-hybridized carbons (Fsp3) is 0.435. The largest absolute Gasteiger partial charge is 0.368 e. The molecule has 5 rings (SSSR count). The predicted molar refractivity (Wildman–Crippen MR) is 118 cm³/mol. The van der Waals surface area contributed by atoms with Crippen molar-refractivity contribution in [1.29, 1.82) is 0 Å². The topological polar surface area (TPSA) is 57.0 Å². The van der Waals surface area contributed by atoms with Crippen LogP contribution in [-0.4, -0.2) is 64.7 Å². The Hall–Kier alpha value is -3.09. The number of fused-ring (bicyclic) bond motifs is 1. The van der Waals surface area contributed by atoms with Crippen molar-refractivity contribution in [2.24, 2.45) is 5.92 Å². The van der Waals surface area contributed by atoms with Crippen molar-refractivity contribution in [2.45, 2.75) is 19.8 Å². The molecule has 0 bridgehead atoms. The number of hydrogen-bond acceptors (Lipinski definition) is 5. The molecule has 30 heavy (non-hydrogen) atoms. The predicted octanol–water partition coefficient (Wildman–Crippen LogP) is 2.60. The standard InChI is InChI=1S/C23H28N6O/c1-18-6-4-8-20(16-18)26-12-14-27(15-13-26)22(30)19-7-5-10-28(17-19)23-25-24-21-9-2-3-11-29(21)23/h2-4,6,8-9,11,16,19H,5,7,10,12-15,17H2,1H3. The fourth-order valence-electron chi connectivity index (χ4n) is 4.67. The number of amides is 1. The monoisotopic (exact) mass is 404 g/mol. The van der Waals surface area contributed by atoms with Crippen LogP contribution in [0.25, 0.3) is 5.65 Å². The molecule has 4 heterocycles. The lowest BCUT2D eigenvalue weighted by atomic mass is 9.96. The highest BCUT2D eigenvalue weighted by Gasteiger charge is 2.32. The normalized spacial score (nSPS) is 20.0. The molecule has 2 aliphatic heterocycles. The number of rotatable bonds is 3. The summed E-state index contributed by atoms with van der Waals surface area (Å²) in [5, 5.41) is 8.65. The summed E-state index contributed by atoms with van der Waals surface area (Å²) >= 11 is 0. The van der Waals surface area contributed by atoms with Gasteiger partial charge < -0.3 is 14.7 Å². The van der Waals surface area contributed by atoms with Crippen molar-refractivity contribution in [1.82, 2.24) is 19.5 Å².